The average molecular weight is 415 g/mol. The zero-order valence-corrected chi connectivity index (χ0v) is 17.3. The molecule has 0 bridgehead atoms. The Kier molecular flexibility index (Phi) is 5.14. The minimum atomic E-state index is 0.238. The molecule has 154 valence electrons. The van der Waals surface area contributed by atoms with Crippen molar-refractivity contribution >= 4 is 45.8 Å². The number of phenols is 2. The second-order valence-electron chi connectivity index (χ2n) is 7.59. The number of rotatable bonds is 4. The van der Waals surface area contributed by atoms with Gasteiger partial charge < -0.3 is 10.2 Å². The van der Waals surface area contributed by atoms with E-state index in [1.54, 1.807) is 12.1 Å². The van der Waals surface area contributed by atoms with Gasteiger partial charge in [0.1, 0.15) is 11.5 Å². The maximum Gasteiger partial charge on any atom is 0.123 e. The maximum absolute atomic E-state index is 10.4. The highest BCUT2D eigenvalue weighted by molar-refractivity contribution is 5.96. The lowest BCUT2D eigenvalue weighted by atomic mass is 10.0. The van der Waals surface area contributed by atoms with Gasteiger partial charge in [-0.2, -0.15) is 0 Å². The Bertz CT molecular complexity index is 1390. The van der Waals surface area contributed by atoms with Crippen LogP contribution in [0.4, 0.5) is 0 Å². The first-order valence-electron chi connectivity index (χ1n) is 10.4. The molecule has 32 heavy (non-hydrogen) atoms. The highest BCUT2D eigenvalue weighted by Gasteiger charge is 2.05. The summed E-state index contributed by atoms with van der Waals surface area (Å²) in [5.41, 5.74) is 3.10. The average Bonchev–Trinajstić information content (AvgIpc) is 2.83. The molecule has 0 unspecified atom stereocenters. The molecular weight excluding hydrogens is 394 g/mol. The predicted molar refractivity (Wildman–Crippen MR) is 133 cm³/mol. The van der Waals surface area contributed by atoms with Gasteiger partial charge in [0.25, 0.3) is 0 Å². The summed E-state index contributed by atoms with van der Waals surface area (Å²) in [5, 5.41) is 24.8. The summed E-state index contributed by atoms with van der Waals surface area (Å²) in [4.78, 5) is 4.69. The fourth-order valence-electron chi connectivity index (χ4n) is 3.91. The molecule has 0 aliphatic heterocycles. The lowest BCUT2D eigenvalue weighted by Gasteiger charge is -2.06. The van der Waals surface area contributed by atoms with E-state index in [1.165, 1.54) is 0 Å². The van der Waals surface area contributed by atoms with Gasteiger partial charge >= 0.3 is 0 Å². The van der Waals surface area contributed by atoms with E-state index in [0.717, 1.165) is 44.1 Å². The quantitative estimate of drug-likeness (QED) is 0.328. The lowest BCUT2D eigenvalue weighted by Crippen LogP contribution is -1.86. The Morgan fingerprint density at radius 2 is 0.938 bits per heavy atom. The van der Waals surface area contributed by atoms with Crippen LogP contribution in [0.25, 0.3) is 45.8 Å². The molecule has 4 aromatic carbocycles. The number of fused-ring (bicyclic) bond motifs is 2. The Morgan fingerprint density at radius 3 is 1.44 bits per heavy atom. The molecule has 2 N–H and O–H groups in total. The molecule has 0 atom stereocenters. The van der Waals surface area contributed by atoms with Crippen LogP contribution in [0, 0.1) is 0 Å². The number of nitrogens with zero attached hydrogens (tertiary/aromatic N) is 1. The van der Waals surface area contributed by atoms with E-state index in [2.05, 4.69) is 4.98 Å². The van der Waals surface area contributed by atoms with E-state index < -0.39 is 0 Å². The summed E-state index contributed by atoms with van der Waals surface area (Å²) >= 11 is 0. The fraction of sp³-hybridized carbons (Fsp3) is 0. The Morgan fingerprint density at radius 1 is 0.469 bits per heavy atom. The molecule has 5 rings (SSSR count). The smallest absolute Gasteiger partial charge is 0.123 e. The van der Waals surface area contributed by atoms with E-state index in [9.17, 15) is 10.2 Å². The number of pyridine rings is 1. The van der Waals surface area contributed by atoms with E-state index in [1.807, 2.05) is 103 Å². The first-order chi connectivity index (χ1) is 15.7. The second kappa shape index (κ2) is 8.40. The van der Waals surface area contributed by atoms with Gasteiger partial charge in [0.2, 0.25) is 0 Å². The number of phenolic OH excluding ortho intramolecular Hbond substituents is 2. The first kappa shape index (κ1) is 19.6. The van der Waals surface area contributed by atoms with Crippen LogP contribution < -0.4 is 0 Å². The van der Waals surface area contributed by atoms with Crippen LogP contribution in [0.15, 0.2) is 91.0 Å². The van der Waals surface area contributed by atoms with Gasteiger partial charge in [-0.1, -0.05) is 66.7 Å². The van der Waals surface area contributed by atoms with Crippen LogP contribution in [0.2, 0.25) is 0 Å². The molecule has 0 aliphatic carbocycles. The van der Waals surface area contributed by atoms with Crippen molar-refractivity contribution in [3.8, 4) is 11.5 Å². The van der Waals surface area contributed by atoms with Gasteiger partial charge in [-0.25, -0.2) is 4.98 Å². The second-order valence-corrected chi connectivity index (χ2v) is 7.59. The number of hydrogen-bond donors (Lipinski definition) is 2. The van der Waals surface area contributed by atoms with Crippen molar-refractivity contribution in [3.63, 3.8) is 0 Å². The highest BCUT2D eigenvalue weighted by atomic mass is 16.3. The molecule has 0 saturated carbocycles. The van der Waals surface area contributed by atoms with Gasteiger partial charge in [-0.3, -0.25) is 0 Å². The number of aromatic hydroxyl groups is 2. The van der Waals surface area contributed by atoms with Gasteiger partial charge in [0.05, 0.1) is 11.4 Å². The van der Waals surface area contributed by atoms with Gasteiger partial charge in [-0.05, 0) is 70.1 Å². The molecule has 0 spiro atoms. The normalized spacial score (nSPS) is 11.8. The minimum absolute atomic E-state index is 0.238. The topological polar surface area (TPSA) is 53.4 Å². The molecule has 3 heteroatoms. The largest absolute Gasteiger partial charge is 0.507 e. The summed E-state index contributed by atoms with van der Waals surface area (Å²) in [6, 6.07) is 29.0. The van der Waals surface area contributed by atoms with Crippen molar-refractivity contribution < 1.29 is 10.2 Å². The minimum Gasteiger partial charge on any atom is -0.507 e. The summed E-state index contributed by atoms with van der Waals surface area (Å²) in [6.07, 6.45) is 7.58. The summed E-state index contributed by atoms with van der Waals surface area (Å²) in [6.45, 7) is 0. The third kappa shape index (κ3) is 3.84. The van der Waals surface area contributed by atoms with Gasteiger partial charge in [0, 0.05) is 11.1 Å². The SMILES string of the molecule is Oc1ccc2ccccc2c1C=Cc1cccc(C=Cc2c(O)ccc3ccccc23)n1. The van der Waals surface area contributed by atoms with Crippen LogP contribution in [-0.4, -0.2) is 15.2 Å². The number of benzene rings is 4. The zero-order chi connectivity index (χ0) is 21.9. The molecule has 1 aromatic heterocycles. The Labute approximate surface area is 186 Å². The summed E-state index contributed by atoms with van der Waals surface area (Å²) in [7, 11) is 0. The van der Waals surface area contributed by atoms with Gasteiger partial charge in [-0.15, -0.1) is 0 Å². The van der Waals surface area contributed by atoms with Crippen molar-refractivity contribution in [3.05, 3.63) is 114 Å². The lowest BCUT2D eigenvalue weighted by molar-refractivity contribution is 0.474. The van der Waals surface area contributed by atoms with E-state index in [-0.39, 0.29) is 11.5 Å². The monoisotopic (exact) mass is 415 g/mol. The van der Waals surface area contributed by atoms with Crippen LogP contribution in [0.3, 0.4) is 0 Å². The van der Waals surface area contributed by atoms with Crippen molar-refractivity contribution in [1.82, 2.24) is 4.98 Å². The van der Waals surface area contributed by atoms with Crippen LogP contribution in [0.5, 0.6) is 11.5 Å². The molecule has 0 aliphatic rings. The third-order valence-corrected chi connectivity index (χ3v) is 5.53. The number of hydrogen-bond acceptors (Lipinski definition) is 3. The van der Waals surface area contributed by atoms with Gasteiger partial charge in [0.15, 0.2) is 0 Å². The molecule has 0 fully saturated rings. The maximum atomic E-state index is 10.4. The molecule has 0 saturated heterocycles. The predicted octanol–water partition coefficient (Wildman–Crippen LogP) is 7.14. The Balaban J connectivity index is 1.47. The summed E-state index contributed by atoms with van der Waals surface area (Å²) in [5.74, 6) is 0.477. The van der Waals surface area contributed by atoms with Crippen LogP contribution >= 0.6 is 0 Å². The fourth-order valence-corrected chi connectivity index (χ4v) is 3.91. The summed E-state index contributed by atoms with van der Waals surface area (Å²) < 4.78 is 0. The zero-order valence-electron chi connectivity index (χ0n) is 17.3. The third-order valence-electron chi connectivity index (χ3n) is 5.53. The van der Waals surface area contributed by atoms with Crippen LogP contribution in [0.1, 0.15) is 22.5 Å². The standard InChI is InChI=1S/C29H21NO2/c31-28-18-12-20-6-1-3-10-24(20)26(28)16-14-22-8-5-9-23(30-22)15-17-27-25-11-4-2-7-21(25)13-19-29(27)32/h1-19,31-32H. The highest BCUT2D eigenvalue weighted by Crippen LogP contribution is 2.30. The first-order valence-corrected chi connectivity index (χ1v) is 10.4. The molecule has 1 heterocycles. The van der Waals surface area contributed by atoms with E-state index >= 15 is 0 Å². The van der Waals surface area contributed by atoms with E-state index in [4.69, 9.17) is 0 Å². The van der Waals surface area contributed by atoms with Crippen molar-refractivity contribution in [1.29, 1.82) is 0 Å². The van der Waals surface area contributed by atoms with Crippen molar-refractivity contribution in [2.75, 3.05) is 0 Å². The molecule has 0 amide bonds. The van der Waals surface area contributed by atoms with Crippen LogP contribution in [-0.2, 0) is 0 Å². The van der Waals surface area contributed by atoms with E-state index in [0.29, 0.717) is 0 Å². The molecule has 5 aromatic rings. The van der Waals surface area contributed by atoms with Crippen molar-refractivity contribution in [2.45, 2.75) is 0 Å². The molecule has 0 radical (unpaired) electrons. The molecule has 3 nitrogen and oxygen atoms in total. The number of aromatic nitrogens is 1. The van der Waals surface area contributed by atoms with Crippen molar-refractivity contribution in [2.24, 2.45) is 0 Å². The Hall–Kier alpha value is -4.37. The molecular formula is C29H21NO2.